The highest BCUT2D eigenvalue weighted by Crippen LogP contribution is 2.20. The summed E-state index contributed by atoms with van der Waals surface area (Å²) in [6.45, 7) is 7.63. The third kappa shape index (κ3) is 4.52. The van der Waals surface area contributed by atoms with Gasteiger partial charge in [0.05, 0.1) is 19.8 Å². The van der Waals surface area contributed by atoms with E-state index in [1.165, 1.54) is 16.3 Å². The summed E-state index contributed by atoms with van der Waals surface area (Å²) in [4.78, 5) is 4.98. The Morgan fingerprint density at radius 3 is 2.43 bits per heavy atom. The zero-order valence-electron chi connectivity index (χ0n) is 13.7. The number of aliphatic hydroxyl groups excluding tert-OH is 1. The maximum atomic E-state index is 8.71. The topological polar surface area (TPSA) is 35.9 Å². The first-order chi connectivity index (χ1) is 11.4. The Labute approximate surface area is 138 Å². The Bertz CT molecular complexity index is 604. The van der Waals surface area contributed by atoms with Gasteiger partial charge in [-0.25, -0.2) is 0 Å². The molecule has 0 saturated carbocycles. The molecule has 1 saturated heterocycles. The molecule has 3 rings (SSSR count). The number of hydrogen-bond donors (Lipinski definition) is 1. The summed E-state index contributed by atoms with van der Waals surface area (Å²) in [6, 6.07) is 15.2. The lowest BCUT2D eigenvalue weighted by molar-refractivity contribution is 0.0564. The fourth-order valence-corrected chi connectivity index (χ4v) is 3.20. The van der Waals surface area contributed by atoms with E-state index in [1.807, 2.05) is 0 Å². The molecule has 0 bridgehead atoms. The van der Waals surface area contributed by atoms with Crippen molar-refractivity contribution in [2.24, 2.45) is 0 Å². The molecule has 4 nitrogen and oxygen atoms in total. The minimum atomic E-state index is 0.110. The van der Waals surface area contributed by atoms with Crippen molar-refractivity contribution in [1.82, 2.24) is 9.80 Å². The highest BCUT2D eigenvalue weighted by Gasteiger charge is 2.17. The van der Waals surface area contributed by atoms with Crippen molar-refractivity contribution < 1.29 is 9.84 Å². The van der Waals surface area contributed by atoms with Crippen LogP contribution in [0.3, 0.4) is 0 Å². The lowest BCUT2D eigenvalue weighted by Gasteiger charge is -2.34. The zero-order valence-corrected chi connectivity index (χ0v) is 13.7. The van der Waals surface area contributed by atoms with E-state index in [2.05, 4.69) is 52.3 Å². The Kier molecular flexibility index (Phi) is 6.00. The maximum Gasteiger partial charge on any atom is 0.0698 e. The Morgan fingerprint density at radius 1 is 0.870 bits per heavy atom. The fraction of sp³-hybridized carbons (Fsp3) is 0.474. The van der Waals surface area contributed by atoms with E-state index in [4.69, 9.17) is 9.84 Å². The van der Waals surface area contributed by atoms with Gasteiger partial charge in [0, 0.05) is 39.3 Å². The van der Waals surface area contributed by atoms with E-state index in [1.54, 1.807) is 0 Å². The average Bonchev–Trinajstić information content (AvgIpc) is 2.60. The maximum absolute atomic E-state index is 8.71. The summed E-state index contributed by atoms with van der Waals surface area (Å²) in [5, 5.41) is 11.4. The molecular formula is C19H26N2O2. The van der Waals surface area contributed by atoms with Crippen LogP contribution < -0.4 is 0 Å². The number of piperazine rings is 1. The van der Waals surface area contributed by atoms with Gasteiger partial charge < -0.3 is 9.84 Å². The zero-order chi connectivity index (χ0) is 15.9. The summed E-state index contributed by atoms with van der Waals surface area (Å²) < 4.78 is 5.35. The number of fused-ring (bicyclic) bond motifs is 1. The molecule has 1 heterocycles. The van der Waals surface area contributed by atoms with Gasteiger partial charge in [-0.15, -0.1) is 0 Å². The lowest BCUT2D eigenvalue weighted by Crippen LogP contribution is -2.46. The second-order valence-electron chi connectivity index (χ2n) is 6.09. The van der Waals surface area contributed by atoms with Gasteiger partial charge in [-0.3, -0.25) is 9.80 Å². The summed E-state index contributed by atoms with van der Waals surface area (Å²) in [5.41, 5.74) is 1.42. The van der Waals surface area contributed by atoms with Crippen LogP contribution in [-0.2, 0) is 11.3 Å². The van der Waals surface area contributed by atoms with Gasteiger partial charge in [0.1, 0.15) is 0 Å². The highest BCUT2D eigenvalue weighted by atomic mass is 16.5. The normalized spacial score (nSPS) is 16.9. The minimum Gasteiger partial charge on any atom is -0.394 e. The number of aliphatic hydroxyl groups is 1. The number of rotatable bonds is 7. The number of ether oxygens (including phenoxy) is 1. The van der Waals surface area contributed by atoms with Crippen molar-refractivity contribution in [3.63, 3.8) is 0 Å². The smallest absolute Gasteiger partial charge is 0.0698 e. The first kappa shape index (κ1) is 16.4. The van der Waals surface area contributed by atoms with Crippen LogP contribution in [0.4, 0.5) is 0 Å². The van der Waals surface area contributed by atoms with Crippen molar-refractivity contribution >= 4 is 10.8 Å². The quantitative estimate of drug-likeness (QED) is 0.793. The second-order valence-corrected chi connectivity index (χ2v) is 6.09. The second kappa shape index (κ2) is 8.41. The van der Waals surface area contributed by atoms with Gasteiger partial charge in [0.25, 0.3) is 0 Å². The summed E-state index contributed by atoms with van der Waals surface area (Å²) in [7, 11) is 0. The molecule has 0 unspecified atom stereocenters. The molecule has 2 aromatic rings. The van der Waals surface area contributed by atoms with Gasteiger partial charge in [0.15, 0.2) is 0 Å². The Balaban J connectivity index is 1.50. The van der Waals surface area contributed by atoms with Gasteiger partial charge in [0.2, 0.25) is 0 Å². The van der Waals surface area contributed by atoms with Crippen LogP contribution in [0.15, 0.2) is 42.5 Å². The summed E-state index contributed by atoms with van der Waals surface area (Å²) >= 11 is 0. The molecule has 1 aliphatic rings. The molecular weight excluding hydrogens is 288 g/mol. The molecule has 1 fully saturated rings. The first-order valence-electron chi connectivity index (χ1n) is 8.47. The number of benzene rings is 2. The van der Waals surface area contributed by atoms with Crippen molar-refractivity contribution in [2.45, 2.75) is 6.54 Å². The van der Waals surface area contributed by atoms with E-state index in [-0.39, 0.29) is 6.61 Å². The summed E-state index contributed by atoms with van der Waals surface area (Å²) in [6.07, 6.45) is 0. The standard InChI is InChI=1S/C19H26N2O2/c22-13-15-23-14-12-20-8-10-21(11-9-20)16-18-6-3-5-17-4-1-2-7-19(17)18/h1-7,22H,8-16H2. The van der Waals surface area contributed by atoms with Crippen LogP contribution >= 0.6 is 0 Å². The molecule has 0 spiro atoms. The molecule has 1 N–H and O–H groups in total. The Hall–Kier alpha value is -1.46. The minimum absolute atomic E-state index is 0.110. The van der Waals surface area contributed by atoms with Gasteiger partial charge in [-0.05, 0) is 16.3 Å². The van der Waals surface area contributed by atoms with Crippen LogP contribution in [0.1, 0.15) is 5.56 Å². The van der Waals surface area contributed by atoms with Crippen LogP contribution in [0.2, 0.25) is 0 Å². The highest BCUT2D eigenvalue weighted by molar-refractivity contribution is 5.85. The molecule has 0 amide bonds. The molecule has 0 radical (unpaired) electrons. The first-order valence-corrected chi connectivity index (χ1v) is 8.47. The van der Waals surface area contributed by atoms with Crippen LogP contribution in [0, 0.1) is 0 Å². The van der Waals surface area contributed by atoms with E-state index in [9.17, 15) is 0 Å². The van der Waals surface area contributed by atoms with Crippen LogP contribution in [0.25, 0.3) is 10.8 Å². The third-order valence-corrected chi connectivity index (χ3v) is 4.53. The molecule has 0 aromatic heterocycles. The van der Waals surface area contributed by atoms with Crippen LogP contribution in [0.5, 0.6) is 0 Å². The van der Waals surface area contributed by atoms with E-state index in [0.29, 0.717) is 13.2 Å². The molecule has 1 aliphatic heterocycles. The van der Waals surface area contributed by atoms with E-state index >= 15 is 0 Å². The van der Waals surface area contributed by atoms with E-state index < -0.39 is 0 Å². The fourth-order valence-electron chi connectivity index (χ4n) is 3.20. The SMILES string of the molecule is OCCOCCN1CCN(Cc2cccc3ccccc23)CC1. The molecule has 124 valence electrons. The molecule has 0 atom stereocenters. The van der Waals surface area contributed by atoms with Crippen molar-refractivity contribution in [2.75, 3.05) is 52.5 Å². The van der Waals surface area contributed by atoms with Crippen molar-refractivity contribution in [1.29, 1.82) is 0 Å². The number of nitrogens with zero attached hydrogens (tertiary/aromatic N) is 2. The van der Waals surface area contributed by atoms with Gasteiger partial charge in [-0.2, -0.15) is 0 Å². The molecule has 23 heavy (non-hydrogen) atoms. The van der Waals surface area contributed by atoms with Gasteiger partial charge in [-0.1, -0.05) is 42.5 Å². The monoisotopic (exact) mass is 314 g/mol. The Morgan fingerprint density at radius 2 is 1.61 bits per heavy atom. The predicted molar refractivity (Wildman–Crippen MR) is 93.6 cm³/mol. The lowest BCUT2D eigenvalue weighted by atomic mass is 10.0. The average molecular weight is 314 g/mol. The molecule has 4 heteroatoms. The largest absolute Gasteiger partial charge is 0.394 e. The van der Waals surface area contributed by atoms with E-state index in [0.717, 1.165) is 39.3 Å². The predicted octanol–water partition coefficient (Wildman–Crippen LogP) is 1.97. The summed E-state index contributed by atoms with van der Waals surface area (Å²) in [5.74, 6) is 0. The van der Waals surface area contributed by atoms with Crippen molar-refractivity contribution in [3.05, 3.63) is 48.0 Å². The molecule has 0 aliphatic carbocycles. The van der Waals surface area contributed by atoms with Crippen LogP contribution in [-0.4, -0.2) is 67.5 Å². The third-order valence-electron chi connectivity index (χ3n) is 4.53. The van der Waals surface area contributed by atoms with Gasteiger partial charge >= 0.3 is 0 Å². The number of hydrogen-bond acceptors (Lipinski definition) is 4. The molecule has 2 aromatic carbocycles. The van der Waals surface area contributed by atoms with Crippen molar-refractivity contribution in [3.8, 4) is 0 Å².